The zero-order chi connectivity index (χ0) is 19.6. The van der Waals surface area contributed by atoms with E-state index in [1.54, 1.807) is 44.2 Å². The smallest absolute Gasteiger partial charge is 0.261 e. The summed E-state index contributed by atoms with van der Waals surface area (Å²) < 4.78 is 0. The topological polar surface area (TPSA) is 111 Å². The van der Waals surface area contributed by atoms with Crippen LogP contribution in [0.3, 0.4) is 0 Å². The Kier molecular flexibility index (Phi) is 4.97. The highest BCUT2D eigenvalue weighted by molar-refractivity contribution is 7.14. The number of benzene rings is 1. The second kappa shape index (κ2) is 7.21. The summed E-state index contributed by atoms with van der Waals surface area (Å²) in [5, 5.41) is 17.2. The molecule has 3 rings (SSSR count). The van der Waals surface area contributed by atoms with Crippen molar-refractivity contribution in [1.29, 1.82) is 5.26 Å². The molecule has 0 saturated carbocycles. The Morgan fingerprint density at radius 1 is 1.26 bits per heavy atom. The first-order valence-electron chi connectivity index (χ1n) is 8.31. The summed E-state index contributed by atoms with van der Waals surface area (Å²) in [6.45, 7) is 3.82. The fraction of sp³-hybridized carbons (Fsp3) is 0.263. The second-order valence-electron chi connectivity index (χ2n) is 6.89. The van der Waals surface area contributed by atoms with Crippen LogP contribution < -0.4 is 16.0 Å². The number of hydrogen-bond donors (Lipinski definition) is 3. The van der Waals surface area contributed by atoms with E-state index in [4.69, 9.17) is 5.26 Å². The number of nitrogens with zero attached hydrogens (tertiary/aromatic N) is 1. The molecule has 0 bridgehead atoms. The number of fused-ring (bicyclic) bond motifs is 1. The number of amides is 3. The summed E-state index contributed by atoms with van der Waals surface area (Å²) in [5.74, 6) is -0.662. The van der Waals surface area contributed by atoms with Gasteiger partial charge in [0.05, 0.1) is 16.8 Å². The number of hydrogen-bond acceptors (Lipinski definition) is 5. The maximum atomic E-state index is 12.4. The monoisotopic (exact) mass is 382 g/mol. The van der Waals surface area contributed by atoms with Crippen LogP contribution >= 0.6 is 11.3 Å². The molecule has 0 spiro atoms. The molecule has 1 aliphatic rings. The summed E-state index contributed by atoms with van der Waals surface area (Å²) in [5.41, 5.74) is 1.28. The molecule has 2 aromatic rings. The lowest BCUT2D eigenvalue weighted by Gasteiger charge is -2.26. The lowest BCUT2D eigenvalue weighted by Crippen LogP contribution is -2.51. The van der Waals surface area contributed by atoms with Crippen LogP contribution in [0.5, 0.6) is 0 Å². The van der Waals surface area contributed by atoms with E-state index in [1.165, 1.54) is 0 Å². The van der Waals surface area contributed by atoms with Crippen molar-refractivity contribution >= 4 is 34.7 Å². The fourth-order valence-electron chi connectivity index (χ4n) is 2.69. The summed E-state index contributed by atoms with van der Waals surface area (Å²) in [7, 11) is 0. The first-order chi connectivity index (χ1) is 12.8. The van der Waals surface area contributed by atoms with Crippen LogP contribution in [-0.4, -0.2) is 29.8 Å². The van der Waals surface area contributed by atoms with E-state index < -0.39 is 5.54 Å². The van der Waals surface area contributed by atoms with E-state index in [-0.39, 0.29) is 24.3 Å². The molecular formula is C19H18N4O3S. The van der Waals surface area contributed by atoms with Gasteiger partial charge in [-0.2, -0.15) is 5.26 Å². The van der Waals surface area contributed by atoms with Crippen LogP contribution in [0.25, 0.3) is 0 Å². The van der Waals surface area contributed by atoms with E-state index in [0.717, 1.165) is 16.9 Å². The minimum absolute atomic E-state index is 0.0838. The fourth-order valence-corrected chi connectivity index (χ4v) is 3.39. The van der Waals surface area contributed by atoms with Crippen LogP contribution in [0.2, 0.25) is 0 Å². The van der Waals surface area contributed by atoms with Gasteiger partial charge >= 0.3 is 0 Å². The van der Waals surface area contributed by atoms with Crippen LogP contribution in [0.15, 0.2) is 30.3 Å². The molecule has 8 heteroatoms. The largest absolute Gasteiger partial charge is 0.350 e. The van der Waals surface area contributed by atoms with Gasteiger partial charge in [0.15, 0.2) is 0 Å². The van der Waals surface area contributed by atoms with Gasteiger partial charge in [-0.1, -0.05) is 6.07 Å². The maximum absolute atomic E-state index is 12.4. The predicted octanol–water partition coefficient (Wildman–Crippen LogP) is 2.05. The van der Waals surface area contributed by atoms with E-state index >= 15 is 0 Å². The van der Waals surface area contributed by atoms with Crippen molar-refractivity contribution in [3.05, 3.63) is 51.2 Å². The Bertz CT molecular complexity index is 972. The van der Waals surface area contributed by atoms with Crippen molar-refractivity contribution < 1.29 is 14.4 Å². The van der Waals surface area contributed by atoms with E-state index in [1.807, 2.05) is 6.07 Å². The molecule has 0 unspecified atom stereocenters. The van der Waals surface area contributed by atoms with Crippen LogP contribution in [-0.2, 0) is 11.2 Å². The SMILES string of the molecule is CC(C)(CNC(=O)c1ccc2c(c1)NC(=O)C2)NC(=O)c1ccc(C#N)s1. The average molecular weight is 382 g/mol. The number of thiophene rings is 1. The van der Waals surface area contributed by atoms with Gasteiger partial charge < -0.3 is 16.0 Å². The second-order valence-corrected chi connectivity index (χ2v) is 7.98. The molecule has 0 atom stereocenters. The highest BCUT2D eigenvalue weighted by atomic mass is 32.1. The number of rotatable bonds is 5. The van der Waals surface area contributed by atoms with Crippen molar-refractivity contribution in [2.45, 2.75) is 25.8 Å². The molecule has 3 N–H and O–H groups in total. The van der Waals surface area contributed by atoms with Gasteiger partial charge in [0.2, 0.25) is 5.91 Å². The predicted molar refractivity (Wildman–Crippen MR) is 102 cm³/mol. The Hall–Kier alpha value is -3.18. The molecular weight excluding hydrogens is 364 g/mol. The zero-order valence-corrected chi connectivity index (χ0v) is 15.7. The molecule has 1 aliphatic heterocycles. The first kappa shape index (κ1) is 18.6. The Morgan fingerprint density at radius 3 is 2.74 bits per heavy atom. The number of carbonyl (C=O) groups excluding carboxylic acids is 3. The molecule has 0 aliphatic carbocycles. The Labute approximate surface area is 160 Å². The number of nitrogens with one attached hydrogen (secondary N) is 3. The number of nitriles is 1. The van der Waals surface area contributed by atoms with Gasteiger partial charge in [0.25, 0.3) is 11.8 Å². The molecule has 3 amide bonds. The number of carbonyl (C=O) groups is 3. The molecule has 7 nitrogen and oxygen atoms in total. The quantitative estimate of drug-likeness (QED) is 0.735. The molecule has 1 aromatic heterocycles. The Morgan fingerprint density at radius 2 is 2.04 bits per heavy atom. The van der Waals surface area contributed by atoms with E-state index in [0.29, 0.717) is 27.4 Å². The van der Waals surface area contributed by atoms with Gasteiger partial charge in [0, 0.05) is 17.8 Å². The van der Waals surface area contributed by atoms with Crippen molar-refractivity contribution in [2.24, 2.45) is 0 Å². The summed E-state index contributed by atoms with van der Waals surface area (Å²) in [6.07, 6.45) is 0.326. The molecule has 0 fully saturated rings. The van der Waals surface area contributed by atoms with Crippen molar-refractivity contribution in [3.63, 3.8) is 0 Å². The third kappa shape index (κ3) is 4.33. The molecule has 138 valence electrons. The number of anilines is 1. The van der Waals surface area contributed by atoms with Crippen LogP contribution in [0, 0.1) is 11.3 Å². The third-order valence-corrected chi connectivity index (χ3v) is 5.07. The molecule has 27 heavy (non-hydrogen) atoms. The van der Waals surface area contributed by atoms with Crippen molar-refractivity contribution in [3.8, 4) is 6.07 Å². The summed E-state index contributed by atoms with van der Waals surface area (Å²) in [4.78, 5) is 37.0. The minimum Gasteiger partial charge on any atom is -0.350 e. The van der Waals surface area contributed by atoms with Gasteiger partial charge in [-0.3, -0.25) is 14.4 Å². The Balaban J connectivity index is 1.59. The lowest BCUT2D eigenvalue weighted by molar-refractivity contribution is -0.115. The highest BCUT2D eigenvalue weighted by Crippen LogP contribution is 2.24. The van der Waals surface area contributed by atoms with Crippen LogP contribution in [0.4, 0.5) is 5.69 Å². The van der Waals surface area contributed by atoms with E-state index in [2.05, 4.69) is 16.0 Å². The van der Waals surface area contributed by atoms with Gasteiger partial charge in [-0.15, -0.1) is 11.3 Å². The third-order valence-electron chi connectivity index (χ3n) is 4.08. The normalized spacial score (nSPS) is 12.7. The molecule has 2 heterocycles. The lowest BCUT2D eigenvalue weighted by atomic mass is 10.0. The van der Waals surface area contributed by atoms with Gasteiger partial charge in [-0.05, 0) is 43.7 Å². The summed E-state index contributed by atoms with van der Waals surface area (Å²) in [6, 6.07) is 10.3. The molecule has 0 radical (unpaired) electrons. The first-order valence-corrected chi connectivity index (χ1v) is 9.12. The standard InChI is InChI=1S/C19H18N4O3S/c1-19(2,23-18(26)15-6-5-13(9-20)27-15)10-21-17(25)12-4-3-11-8-16(24)22-14(11)7-12/h3-7H,8,10H2,1-2H3,(H,21,25)(H,22,24)(H,23,26). The van der Waals surface area contributed by atoms with Crippen LogP contribution in [0.1, 0.15) is 44.3 Å². The molecule has 0 saturated heterocycles. The van der Waals surface area contributed by atoms with Crippen molar-refractivity contribution in [2.75, 3.05) is 11.9 Å². The zero-order valence-electron chi connectivity index (χ0n) is 14.9. The average Bonchev–Trinajstić information content (AvgIpc) is 3.24. The van der Waals surface area contributed by atoms with Gasteiger partial charge in [-0.25, -0.2) is 0 Å². The molecule has 1 aromatic carbocycles. The van der Waals surface area contributed by atoms with Gasteiger partial charge in [0.1, 0.15) is 10.9 Å². The minimum atomic E-state index is -0.686. The summed E-state index contributed by atoms with van der Waals surface area (Å²) >= 11 is 1.12. The van der Waals surface area contributed by atoms with E-state index in [9.17, 15) is 14.4 Å². The highest BCUT2D eigenvalue weighted by Gasteiger charge is 2.24. The maximum Gasteiger partial charge on any atom is 0.261 e. The van der Waals surface area contributed by atoms with Crippen molar-refractivity contribution in [1.82, 2.24) is 10.6 Å².